The first kappa shape index (κ1) is 41.9. The summed E-state index contributed by atoms with van der Waals surface area (Å²) in [5.74, 6) is 1.68. The molecule has 6 aromatic heterocycles. The highest BCUT2D eigenvalue weighted by Gasteiger charge is 2.25. The largest absolute Gasteiger partial charge is 0.497 e. The number of benzene rings is 2. The molecule has 10 rings (SSSR count). The van der Waals surface area contributed by atoms with Crippen LogP contribution in [0.4, 0.5) is 0 Å². The Morgan fingerprint density at radius 2 is 1.02 bits per heavy atom. The molecular weight excluding hydrogens is 817 g/mol. The number of rotatable bonds is 12. The monoisotopic (exact) mass is 864 g/mol. The average Bonchev–Trinajstić information content (AvgIpc) is 4.09. The summed E-state index contributed by atoms with van der Waals surface area (Å²) >= 11 is 0. The Morgan fingerprint density at radius 3 is 1.58 bits per heavy atom. The molecule has 0 N–H and O–H groups in total. The van der Waals surface area contributed by atoms with Crippen LogP contribution < -0.4 is 18.9 Å². The van der Waals surface area contributed by atoms with Crippen LogP contribution in [-0.2, 0) is 48.2 Å². The molecule has 8 heterocycles. The summed E-state index contributed by atoms with van der Waals surface area (Å²) in [5.41, 5.74) is 12.3. The van der Waals surface area contributed by atoms with Crippen LogP contribution in [0, 0.1) is 0 Å². The fourth-order valence-corrected chi connectivity index (χ4v) is 7.81. The van der Waals surface area contributed by atoms with Crippen molar-refractivity contribution in [3.8, 4) is 57.4 Å². The molecule has 328 valence electrons. The van der Waals surface area contributed by atoms with Gasteiger partial charge in [-0.1, -0.05) is 24.3 Å². The first-order valence-electron chi connectivity index (χ1n) is 20.9. The van der Waals surface area contributed by atoms with Gasteiger partial charge in [-0.2, -0.15) is 20.4 Å². The Balaban J connectivity index is 0.000000162. The number of fused-ring (bicyclic) bond motifs is 2. The minimum absolute atomic E-state index is 0.324. The summed E-state index contributed by atoms with van der Waals surface area (Å²) in [6.45, 7) is 4.00. The van der Waals surface area contributed by atoms with E-state index in [0.29, 0.717) is 51.5 Å². The predicted octanol–water partition coefficient (Wildman–Crippen LogP) is 5.41. The van der Waals surface area contributed by atoms with Gasteiger partial charge >= 0.3 is 12.0 Å². The molecule has 18 heteroatoms. The number of ether oxygens (including phenoxy) is 6. The van der Waals surface area contributed by atoms with E-state index < -0.39 is 0 Å². The molecule has 0 spiro atoms. The lowest BCUT2D eigenvalue weighted by atomic mass is 10.0. The summed E-state index contributed by atoms with van der Waals surface area (Å²) in [5, 5.41) is 19.0. The summed E-state index contributed by atoms with van der Waals surface area (Å²) in [7, 11) is 6.43. The highest BCUT2D eigenvalue weighted by Crippen LogP contribution is 2.32. The fraction of sp³-hybridized carbons (Fsp3) is 0.304. The zero-order valence-corrected chi connectivity index (χ0v) is 36.1. The van der Waals surface area contributed by atoms with Crippen LogP contribution in [0.3, 0.4) is 0 Å². The Bertz CT molecular complexity index is 2780. The van der Waals surface area contributed by atoms with E-state index in [-0.39, 0.29) is 0 Å². The third kappa shape index (κ3) is 9.18. The second-order valence-electron chi connectivity index (χ2n) is 15.0. The van der Waals surface area contributed by atoms with E-state index in [0.717, 1.165) is 93.6 Å². The van der Waals surface area contributed by atoms with Gasteiger partial charge in [0.1, 0.15) is 22.9 Å². The van der Waals surface area contributed by atoms with Crippen molar-refractivity contribution < 1.29 is 28.4 Å². The number of nitrogens with zero attached hydrogens (tertiary/aromatic N) is 12. The lowest BCUT2D eigenvalue weighted by Crippen LogP contribution is -2.06. The van der Waals surface area contributed by atoms with Gasteiger partial charge in [-0.05, 0) is 48.2 Å². The third-order valence-electron chi connectivity index (χ3n) is 11.0. The highest BCUT2D eigenvalue weighted by atomic mass is 16.5. The van der Waals surface area contributed by atoms with Gasteiger partial charge in [0.2, 0.25) is 0 Å². The topological polar surface area (TPSA) is 178 Å². The first-order chi connectivity index (χ1) is 31.5. The van der Waals surface area contributed by atoms with Crippen LogP contribution in [0.2, 0.25) is 0 Å². The van der Waals surface area contributed by atoms with Crippen molar-refractivity contribution in [1.82, 2.24) is 59.1 Å². The Labute approximate surface area is 369 Å². The molecule has 0 unspecified atom stereocenters. The van der Waals surface area contributed by atoms with E-state index in [2.05, 4.69) is 30.1 Å². The van der Waals surface area contributed by atoms with Crippen molar-refractivity contribution in [2.75, 3.05) is 54.9 Å². The number of methoxy groups -OCH3 is 4. The van der Waals surface area contributed by atoms with Crippen LogP contribution in [-0.4, -0.2) is 114 Å². The molecule has 2 aromatic carbocycles. The molecule has 8 aromatic rings. The lowest BCUT2D eigenvalue weighted by molar-refractivity contribution is 0.145. The molecule has 0 aliphatic carbocycles. The molecule has 0 radical (unpaired) electrons. The Kier molecular flexibility index (Phi) is 12.6. The number of hydrogen-bond donors (Lipinski definition) is 0. The maximum atomic E-state index is 5.73. The van der Waals surface area contributed by atoms with Crippen LogP contribution in [0.15, 0.2) is 98.1 Å². The minimum atomic E-state index is 0.324. The van der Waals surface area contributed by atoms with Crippen LogP contribution in [0.25, 0.3) is 33.9 Å². The molecule has 64 heavy (non-hydrogen) atoms. The van der Waals surface area contributed by atoms with Gasteiger partial charge in [-0.15, -0.1) is 0 Å². The smallest absolute Gasteiger partial charge is 0.316 e. The van der Waals surface area contributed by atoms with E-state index in [1.165, 1.54) is 11.1 Å². The molecule has 2 aliphatic rings. The van der Waals surface area contributed by atoms with Gasteiger partial charge in [-0.25, -0.2) is 29.3 Å². The Morgan fingerprint density at radius 1 is 0.516 bits per heavy atom. The molecule has 0 amide bonds. The zero-order valence-electron chi connectivity index (χ0n) is 36.1. The fourth-order valence-electron chi connectivity index (χ4n) is 7.81. The lowest BCUT2D eigenvalue weighted by Gasteiger charge is -2.08. The van der Waals surface area contributed by atoms with Crippen molar-refractivity contribution in [3.63, 3.8) is 0 Å². The van der Waals surface area contributed by atoms with Crippen LogP contribution in [0.5, 0.6) is 23.5 Å². The van der Waals surface area contributed by atoms with Crippen molar-refractivity contribution >= 4 is 0 Å². The van der Waals surface area contributed by atoms with E-state index in [9.17, 15) is 0 Å². The van der Waals surface area contributed by atoms with Gasteiger partial charge in [-0.3, -0.25) is 9.36 Å². The molecule has 0 fully saturated rings. The predicted molar refractivity (Wildman–Crippen MR) is 234 cm³/mol. The van der Waals surface area contributed by atoms with Gasteiger partial charge in [0.25, 0.3) is 0 Å². The molecule has 0 saturated heterocycles. The maximum absolute atomic E-state index is 5.73. The minimum Gasteiger partial charge on any atom is -0.497 e. The number of aromatic nitrogens is 12. The van der Waals surface area contributed by atoms with E-state index in [1.807, 2.05) is 92.0 Å². The van der Waals surface area contributed by atoms with Crippen LogP contribution >= 0.6 is 0 Å². The van der Waals surface area contributed by atoms with Gasteiger partial charge in [0.15, 0.2) is 0 Å². The molecule has 0 saturated carbocycles. The zero-order chi connectivity index (χ0) is 43.8. The highest BCUT2D eigenvalue weighted by molar-refractivity contribution is 5.66. The quantitative estimate of drug-likeness (QED) is 0.152. The summed E-state index contributed by atoms with van der Waals surface area (Å²) in [6, 6.07) is 16.7. The van der Waals surface area contributed by atoms with Gasteiger partial charge < -0.3 is 28.4 Å². The molecule has 18 nitrogen and oxygen atoms in total. The first-order valence-corrected chi connectivity index (χ1v) is 20.9. The van der Waals surface area contributed by atoms with Crippen molar-refractivity contribution in [3.05, 3.63) is 132 Å². The summed E-state index contributed by atoms with van der Waals surface area (Å²) in [6.07, 6.45) is 17.9. The normalized spacial score (nSPS) is 13.4. The van der Waals surface area contributed by atoms with Crippen LogP contribution in [0.1, 0.15) is 33.6 Å². The molecule has 0 bridgehead atoms. The molecular formula is C46H48N12O6. The van der Waals surface area contributed by atoms with Gasteiger partial charge in [0.05, 0.1) is 128 Å². The van der Waals surface area contributed by atoms with Crippen molar-refractivity contribution in [2.45, 2.75) is 38.8 Å². The third-order valence-corrected chi connectivity index (χ3v) is 11.0. The standard InChI is InChI=1S/2C23H24N6O3/c1-30-19-5-3-16(4-6-19)14-28-15-17(11-26-28)22-20-7-9-32-10-8-21(20)29(27-22)18-12-24-23(31-2)25-13-18;1-30-19-5-3-16(4-6-19)14-28-15-17(11-26-28)22-20-7-9-32-10-8-21(20)27-29(22)18-12-24-23(31-2)25-13-18/h2*3-6,11-13,15H,7-10,14H2,1-2H3. The maximum Gasteiger partial charge on any atom is 0.316 e. The van der Waals surface area contributed by atoms with Gasteiger partial charge in [0, 0.05) is 47.5 Å². The Hall–Kier alpha value is -7.44. The molecule has 2 aliphatic heterocycles. The van der Waals surface area contributed by atoms with E-state index in [1.54, 1.807) is 53.2 Å². The second kappa shape index (κ2) is 19.3. The van der Waals surface area contributed by atoms with Crippen molar-refractivity contribution in [2.24, 2.45) is 0 Å². The second-order valence-corrected chi connectivity index (χ2v) is 15.0. The SMILES string of the molecule is COc1ccc(Cn2cc(-c3c4c(nn3-c3cnc(OC)nc3)CCOCC4)cn2)cc1.COc1ccc(Cn2cc(-c3nn(-c4cnc(OC)nc4)c4c3CCOCC4)cn2)cc1. The average molecular weight is 865 g/mol. The van der Waals surface area contributed by atoms with Crippen molar-refractivity contribution in [1.29, 1.82) is 0 Å². The van der Waals surface area contributed by atoms with E-state index >= 15 is 0 Å². The summed E-state index contributed by atoms with van der Waals surface area (Å²) in [4.78, 5) is 17.0. The van der Waals surface area contributed by atoms with E-state index in [4.69, 9.17) is 38.6 Å². The summed E-state index contributed by atoms with van der Waals surface area (Å²) < 4.78 is 39.8. The molecule has 0 atom stereocenters. The number of hydrogen-bond acceptors (Lipinski definition) is 14.